The van der Waals surface area contributed by atoms with Crippen molar-refractivity contribution in [2.24, 2.45) is 34.0 Å². The molecule has 6 fully saturated rings. The highest BCUT2D eigenvalue weighted by Crippen LogP contribution is 2.85. The third-order valence-electron chi connectivity index (χ3n) is 12.4. The van der Waals surface area contributed by atoms with Crippen LogP contribution < -0.4 is 0 Å². The van der Waals surface area contributed by atoms with Crippen LogP contribution in [0.4, 0.5) is 0 Å². The molecule has 0 unspecified atom stereocenters. The fourth-order valence-corrected chi connectivity index (χ4v) is 11.5. The van der Waals surface area contributed by atoms with Crippen molar-refractivity contribution in [2.75, 3.05) is 20.2 Å². The molecule has 5 aliphatic carbocycles. The van der Waals surface area contributed by atoms with Gasteiger partial charge in [0.15, 0.2) is 0 Å². The number of piperidine rings is 1. The van der Waals surface area contributed by atoms with E-state index < -0.39 is 70.1 Å². The Morgan fingerprint density at radius 2 is 1.70 bits per heavy atom. The van der Waals surface area contributed by atoms with Crippen molar-refractivity contribution >= 4 is 17.9 Å². The van der Waals surface area contributed by atoms with Gasteiger partial charge in [-0.25, -0.2) is 9.59 Å². The second-order valence-electron chi connectivity index (χ2n) is 14.5. The first-order valence-electron chi connectivity index (χ1n) is 15.4. The Morgan fingerprint density at radius 1 is 1.05 bits per heavy atom. The number of rotatable bonds is 6. The van der Waals surface area contributed by atoms with Crippen molar-refractivity contribution in [1.29, 1.82) is 0 Å². The zero-order chi connectivity index (χ0) is 31.4. The van der Waals surface area contributed by atoms with Gasteiger partial charge in [0.1, 0.15) is 23.9 Å². The zero-order valence-electron chi connectivity index (χ0n) is 26.0. The largest absolute Gasteiger partial charge is 0.459 e. The van der Waals surface area contributed by atoms with Gasteiger partial charge in [-0.1, -0.05) is 25.2 Å². The predicted molar refractivity (Wildman–Crippen MR) is 154 cm³/mol. The Hall–Kier alpha value is -2.53. The number of hydrogen-bond acceptors (Lipinski definition) is 10. The quantitative estimate of drug-likeness (QED) is 0.180. The maximum Gasteiger partial charge on any atom is 0.333 e. The van der Waals surface area contributed by atoms with Crippen LogP contribution in [-0.4, -0.2) is 94.4 Å². The topological polar surface area (TPSA) is 143 Å². The maximum atomic E-state index is 13.6. The summed E-state index contributed by atoms with van der Waals surface area (Å²) in [6.07, 6.45) is 1.05. The molecule has 5 saturated carbocycles. The van der Waals surface area contributed by atoms with Crippen LogP contribution in [0.25, 0.3) is 0 Å². The number of hydrogen-bond donors (Lipinski definition) is 3. The van der Waals surface area contributed by atoms with Crippen LogP contribution >= 0.6 is 0 Å². The Labute approximate surface area is 252 Å². The number of aliphatic hydroxyl groups excluding tert-OH is 2. The third kappa shape index (κ3) is 3.64. The maximum absolute atomic E-state index is 13.6. The second kappa shape index (κ2) is 9.73. The number of aliphatic hydroxyl groups is 3. The van der Waals surface area contributed by atoms with E-state index >= 15 is 0 Å². The van der Waals surface area contributed by atoms with Crippen molar-refractivity contribution in [3.8, 4) is 0 Å². The van der Waals surface area contributed by atoms with Gasteiger partial charge < -0.3 is 34.4 Å². The molecule has 6 aliphatic rings. The smallest absolute Gasteiger partial charge is 0.333 e. The molecular formula is C33H45NO9. The van der Waals surface area contributed by atoms with E-state index in [4.69, 9.17) is 14.2 Å². The van der Waals surface area contributed by atoms with E-state index in [-0.39, 0.29) is 36.5 Å². The van der Waals surface area contributed by atoms with Crippen molar-refractivity contribution in [3.05, 3.63) is 35.5 Å². The summed E-state index contributed by atoms with van der Waals surface area (Å²) in [5, 5.41) is 34.3. The molecule has 0 aromatic carbocycles. The summed E-state index contributed by atoms with van der Waals surface area (Å²) in [5.74, 6) is -2.72. The van der Waals surface area contributed by atoms with E-state index in [1.165, 1.54) is 13.0 Å². The van der Waals surface area contributed by atoms with Gasteiger partial charge in [-0.05, 0) is 70.9 Å². The first-order valence-corrected chi connectivity index (χ1v) is 15.4. The van der Waals surface area contributed by atoms with Crippen LogP contribution in [-0.2, 0) is 28.6 Å². The fourth-order valence-electron chi connectivity index (χ4n) is 11.5. The van der Waals surface area contributed by atoms with Gasteiger partial charge in [0.05, 0.1) is 12.7 Å². The highest BCUT2D eigenvalue weighted by atomic mass is 16.6. The number of nitrogens with zero attached hydrogens (tertiary/aromatic N) is 1. The Bertz CT molecular complexity index is 1340. The molecule has 10 nitrogen and oxygen atoms in total. The van der Waals surface area contributed by atoms with Crippen LogP contribution in [0.5, 0.6) is 0 Å². The third-order valence-corrected chi connectivity index (χ3v) is 12.4. The molecule has 6 bridgehead atoms. The van der Waals surface area contributed by atoms with Crippen molar-refractivity contribution in [3.63, 3.8) is 0 Å². The highest BCUT2D eigenvalue weighted by molar-refractivity contribution is 5.89. The monoisotopic (exact) mass is 599 g/mol. The molecule has 0 amide bonds. The molecule has 0 radical (unpaired) electrons. The van der Waals surface area contributed by atoms with E-state index in [1.54, 1.807) is 26.8 Å². The predicted octanol–water partition coefficient (Wildman–Crippen LogP) is 2.06. The van der Waals surface area contributed by atoms with Gasteiger partial charge in [-0.15, -0.1) is 0 Å². The molecule has 1 saturated heterocycles. The average molecular weight is 600 g/mol. The number of carbonyl (C=O) groups is 3. The summed E-state index contributed by atoms with van der Waals surface area (Å²) in [6, 6.07) is -0.280. The van der Waals surface area contributed by atoms with Crippen LogP contribution in [0, 0.1) is 34.0 Å². The van der Waals surface area contributed by atoms with Crippen molar-refractivity contribution in [2.45, 2.75) is 96.4 Å². The molecular weight excluding hydrogens is 554 g/mol. The van der Waals surface area contributed by atoms with Crippen LogP contribution in [0.15, 0.2) is 35.5 Å². The molecule has 3 N–H and O–H groups in total. The van der Waals surface area contributed by atoms with Crippen LogP contribution in [0.2, 0.25) is 0 Å². The molecule has 1 heterocycles. The van der Waals surface area contributed by atoms with Crippen molar-refractivity contribution < 1.29 is 43.9 Å². The summed E-state index contributed by atoms with van der Waals surface area (Å²) in [6.45, 7) is 12.9. The Morgan fingerprint density at radius 3 is 2.33 bits per heavy atom. The Kier molecular flexibility index (Phi) is 6.90. The molecule has 43 heavy (non-hydrogen) atoms. The first kappa shape index (κ1) is 30.5. The number of esters is 3. The highest BCUT2D eigenvalue weighted by Gasteiger charge is 2.91. The van der Waals surface area contributed by atoms with Gasteiger partial charge in [0, 0.05) is 53.3 Å². The van der Waals surface area contributed by atoms with E-state index in [1.807, 2.05) is 14.0 Å². The lowest BCUT2D eigenvalue weighted by Crippen LogP contribution is -2.82. The summed E-state index contributed by atoms with van der Waals surface area (Å²) < 4.78 is 18.7. The normalized spacial score (nSPS) is 48.2. The minimum absolute atomic E-state index is 0.148. The van der Waals surface area contributed by atoms with Crippen molar-refractivity contribution in [1.82, 2.24) is 4.90 Å². The molecule has 1 aliphatic heterocycles. The lowest BCUT2D eigenvalue weighted by atomic mass is 9.38. The van der Waals surface area contributed by atoms with Gasteiger partial charge in [0.2, 0.25) is 0 Å². The molecule has 0 aromatic heterocycles. The average Bonchev–Trinajstić information content (AvgIpc) is 3.19. The second-order valence-corrected chi connectivity index (χ2v) is 14.5. The van der Waals surface area contributed by atoms with Gasteiger partial charge in [-0.3, -0.25) is 4.79 Å². The molecule has 236 valence electrons. The summed E-state index contributed by atoms with van der Waals surface area (Å²) in [4.78, 5) is 41.7. The van der Waals surface area contributed by atoms with E-state index in [0.717, 1.165) is 5.57 Å². The van der Waals surface area contributed by atoms with E-state index in [9.17, 15) is 29.7 Å². The molecule has 10 heteroatoms. The zero-order valence-corrected chi connectivity index (χ0v) is 26.0. The van der Waals surface area contributed by atoms with Gasteiger partial charge in [-0.2, -0.15) is 0 Å². The Balaban J connectivity index is 1.62. The van der Waals surface area contributed by atoms with E-state index in [0.29, 0.717) is 31.4 Å². The SMILES string of the molecule is C=C1C[C@@]23C[C@H](OC(C)=O)[C@]4(O)[C@@]5(C)C[C@H](O)C[C@@]46[C@@H]2[C@H](OC(=O)/C(C)=C/CO)[C@H](OC(=O)/C(C)=C/C)[C@@H]1[C@@H]3[C@H]6N(C)C5. The summed E-state index contributed by atoms with van der Waals surface area (Å²) in [5.41, 5.74) is -2.52. The number of carbonyl (C=O) groups excluding carboxylic acids is 3. The summed E-state index contributed by atoms with van der Waals surface area (Å²) in [7, 11) is 2.04. The fraction of sp³-hybridized carbons (Fsp3) is 0.727. The summed E-state index contributed by atoms with van der Waals surface area (Å²) >= 11 is 0. The number of allylic oxidation sites excluding steroid dienone is 1. The number of likely N-dealkylation sites (tertiary alicyclic amines) is 1. The number of ether oxygens (including phenoxy) is 3. The molecule has 12 atom stereocenters. The van der Waals surface area contributed by atoms with Gasteiger partial charge >= 0.3 is 17.9 Å². The molecule has 6 rings (SSSR count). The lowest BCUT2D eigenvalue weighted by molar-refractivity contribution is -0.343. The van der Waals surface area contributed by atoms with Crippen LogP contribution in [0.1, 0.15) is 60.3 Å². The van der Waals surface area contributed by atoms with Gasteiger partial charge in [0.25, 0.3) is 0 Å². The first-order chi connectivity index (χ1) is 20.1. The van der Waals surface area contributed by atoms with E-state index in [2.05, 4.69) is 11.5 Å². The minimum atomic E-state index is -1.55. The molecule has 0 aromatic rings. The standard InChI is InChI=1S/C33H45NO9/c1-8-16(2)28(38)42-24-22-18(4)11-31-14-21(41-19(5)36)33(40)30(6)12-20(37)13-32(33,27(23(22)31)34(7)15-30)26(31)25(24)43-29(39)17(3)9-10-35/h8-9,20-27,35,37,40H,4,10-15H2,1-3,5-7H3/b16-8+,17-9+/t20-,21-,22-,23+,24+,25+,26+,27+,30-,31-,32-,33-/m0/s1. The minimum Gasteiger partial charge on any atom is -0.459 e. The lowest BCUT2D eigenvalue weighted by Gasteiger charge is -2.72. The molecule has 2 spiro atoms. The van der Waals surface area contributed by atoms with Crippen LogP contribution in [0.3, 0.4) is 0 Å².